The van der Waals surface area contributed by atoms with E-state index in [1.165, 1.54) is 12.3 Å². The molecule has 104 valence electrons. The summed E-state index contributed by atoms with van der Waals surface area (Å²) in [4.78, 5) is 25.5. The van der Waals surface area contributed by atoms with Gasteiger partial charge >= 0.3 is 11.7 Å². The molecule has 0 fully saturated rings. The van der Waals surface area contributed by atoms with Crippen LogP contribution in [0.2, 0.25) is 0 Å². The number of aromatic nitrogens is 1. The minimum absolute atomic E-state index is 0.0791. The van der Waals surface area contributed by atoms with Crippen LogP contribution in [0.4, 0.5) is 11.5 Å². The number of hydrogen-bond donors (Lipinski definition) is 2. The van der Waals surface area contributed by atoms with Gasteiger partial charge < -0.3 is 10.4 Å². The highest BCUT2D eigenvalue weighted by atomic mass is 16.6. The molecule has 0 radical (unpaired) electrons. The van der Waals surface area contributed by atoms with Crippen molar-refractivity contribution in [2.24, 2.45) is 5.41 Å². The van der Waals surface area contributed by atoms with Gasteiger partial charge in [-0.15, -0.1) is 0 Å². The Morgan fingerprint density at radius 3 is 2.74 bits per heavy atom. The van der Waals surface area contributed by atoms with Gasteiger partial charge in [0, 0.05) is 18.8 Å². The predicted molar refractivity (Wildman–Crippen MR) is 70.2 cm³/mol. The van der Waals surface area contributed by atoms with Crippen molar-refractivity contribution in [1.82, 2.24) is 4.98 Å². The molecule has 0 aliphatic carbocycles. The van der Waals surface area contributed by atoms with Gasteiger partial charge in [-0.2, -0.15) is 0 Å². The molecule has 19 heavy (non-hydrogen) atoms. The maximum Gasteiger partial charge on any atom is 0.311 e. The quantitative estimate of drug-likeness (QED) is 0.604. The lowest BCUT2D eigenvalue weighted by Gasteiger charge is -2.23. The SMILES string of the molecule is CCC(C)(CNc1ncc(C)cc1[N+](=O)[O-])C(=O)O. The summed E-state index contributed by atoms with van der Waals surface area (Å²) >= 11 is 0. The Bertz CT molecular complexity index is 504. The van der Waals surface area contributed by atoms with Gasteiger partial charge in [-0.1, -0.05) is 6.92 Å². The van der Waals surface area contributed by atoms with Crippen LogP contribution in [0.15, 0.2) is 12.3 Å². The molecule has 0 amide bonds. The zero-order valence-corrected chi connectivity index (χ0v) is 11.1. The van der Waals surface area contributed by atoms with Gasteiger partial charge in [-0.3, -0.25) is 14.9 Å². The largest absolute Gasteiger partial charge is 0.481 e. The summed E-state index contributed by atoms with van der Waals surface area (Å²) in [5.74, 6) is -0.853. The van der Waals surface area contributed by atoms with Gasteiger partial charge in [0.15, 0.2) is 0 Å². The van der Waals surface area contributed by atoms with Gasteiger partial charge in [0.1, 0.15) is 0 Å². The van der Waals surface area contributed by atoms with Crippen molar-refractivity contribution in [1.29, 1.82) is 0 Å². The van der Waals surface area contributed by atoms with Crippen molar-refractivity contribution >= 4 is 17.5 Å². The summed E-state index contributed by atoms with van der Waals surface area (Å²) in [5, 5.41) is 22.8. The molecular weight excluding hydrogens is 250 g/mol. The summed E-state index contributed by atoms with van der Waals surface area (Å²) in [5.41, 5.74) is -0.460. The van der Waals surface area contributed by atoms with E-state index in [0.29, 0.717) is 12.0 Å². The van der Waals surface area contributed by atoms with Crippen LogP contribution in [-0.2, 0) is 4.79 Å². The van der Waals surface area contributed by atoms with Gasteiger partial charge in [0.05, 0.1) is 10.3 Å². The molecule has 0 aromatic carbocycles. The topological polar surface area (TPSA) is 105 Å². The molecule has 0 saturated carbocycles. The number of anilines is 1. The summed E-state index contributed by atoms with van der Waals surface area (Å²) in [6.07, 6.45) is 1.91. The fourth-order valence-corrected chi connectivity index (χ4v) is 1.46. The summed E-state index contributed by atoms with van der Waals surface area (Å²) < 4.78 is 0. The molecule has 1 aromatic rings. The maximum atomic E-state index is 11.2. The Morgan fingerprint density at radius 2 is 2.26 bits per heavy atom. The average molecular weight is 267 g/mol. The number of carbonyl (C=O) groups is 1. The third kappa shape index (κ3) is 3.40. The molecule has 0 spiro atoms. The fourth-order valence-electron chi connectivity index (χ4n) is 1.46. The Hall–Kier alpha value is -2.18. The first kappa shape index (κ1) is 14.9. The van der Waals surface area contributed by atoms with Crippen molar-refractivity contribution < 1.29 is 14.8 Å². The fraction of sp³-hybridized carbons (Fsp3) is 0.500. The molecule has 0 saturated heterocycles. The van der Waals surface area contributed by atoms with E-state index in [1.807, 2.05) is 0 Å². The molecule has 1 atom stereocenters. The molecule has 7 nitrogen and oxygen atoms in total. The monoisotopic (exact) mass is 267 g/mol. The average Bonchev–Trinajstić information content (AvgIpc) is 2.36. The highest BCUT2D eigenvalue weighted by Crippen LogP contribution is 2.26. The third-order valence-electron chi connectivity index (χ3n) is 3.14. The third-order valence-corrected chi connectivity index (χ3v) is 3.14. The zero-order chi connectivity index (χ0) is 14.6. The Kier molecular flexibility index (Phi) is 4.42. The Balaban J connectivity index is 2.95. The number of hydrogen-bond acceptors (Lipinski definition) is 5. The maximum absolute atomic E-state index is 11.2. The molecule has 1 aromatic heterocycles. The standard InChI is InChI=1S/C12H17N3O4/c1-4-12(3,11(16)17)7-14-10-9(15(18)19)5-8(2)6-13-10/h5-6H,4,7H2,1-3H3,(H,13,14)(H,16,17). The van der Waals surface area contributed by atoms with E-state index in [-0.39, 0.29) is 18.1 Å². The minimum Gasteiger partial charge on any atom is -0.481 e. The van der Waals surface area contributed by atoms with E-state index in [2.05, 4.69) is 10.3 Å². The van der Waals surface area contributed by atoms with Crippen LogP contribution in [0.3, 0.4) is 0 Å². The van der Waals surface area contributed by atoms with Crippen molar-refractivity contribution in [2.45, 2.75) is 27.2 Å². The first-order valence-corrected chi connectivity index (χ1v) is 5.88. The van der Waals surface area contributed by atoms with Crippen molar-refractivity contribution in [3.8, 4) is 0 Å². The van der Waals surface area contributed by atoms with Crippen LogP contribution in [0, 0.1) is 22.5 Å². The molecule has 1 heterocycles. The van der Waals surface area contributed by atoms with Crippen molar-refractivity contribution in [3.05, 3.63) is 27.9 Å². The number of rotatable bonds is 6. The Labute approximate surface area is 110 Å². The second-order valence-electron chi connectivity index (χ2n) is 4.71. The number of carboxylic acids is 1. The summed E-state index contributed by atoms with van der Waals surface area (Å²) in [6.45, 7) is 5.13. The second-order valence-corrected chi connectivity index (χ2v) is 4.71. The highest BCUT2D eigenvalue weighted by molar-refractivity contribution is 5.75. The normalized spacial score (nSPS) is 13.6. The lowest BCUT2D eigenvalue weighted by Crippen LogP contribution is -2.34. The van der Waals surface area contributed by atoms with Crippen LogP contribution in [0.5, 0.6) is 0 Å². The lowest BCUT2D eigenvalue weighted by molar-refractivity contribution is -0.384. The molecular formula is C12H17N3O4. The smallest absolute Gasteiger partial charge is 0.311 e. The predicted octanol–water partition coefficient (Wildman–Crippen LogP) is 2.21. The number of carboxylic acid groups (broad SMARTS) is 1. The van der Waals surface area contributed by atoms with Crippen molar-refractivity contribution in [2.75, 3.05) is 11.9 Å². The molecule has 0 aliphatic heterocycles. The second kappa shape index (κ2) is 5.64. The molecule has 2 N–H and O–H groups in total. The molecule has 1 unspecified atom stereocenters. The van der Waals surface area contributed by atoms with E-state index in [4.69, 9.17) is 5.11 Å². The van der Waals surface area contributed by atoms with Crippen LogP contribution >= 0.6 is 0 Å². The van der Waals surface area contributed by atoms with E-state index in [0.717, 1.165) is 0 Å². The van der Waals surface area contributed by atoms with E-state index in [9.17, 15) is 14.9 Å². The van der Waals surface area contributed by atoms with Gasteiger partial charge in [-0.25, -0.2) is 4.98 Å². The molecule has 7 heteroatoms. The van der Waals surface area contributed by atoms with Gasteiger partial charge in [0.25, 0.3) is 0 Å². The Morgan fingerprint density at radius 1 is 1.63 bits per heavy atom. The minimum atomic E-state index is -0.986. The number of nitrogens with zero attached hydrogens (tertiary/aromatic N) is 2. The molecule has 1 rings (SSSR count). The summed E-state index contributed by atoms with van der Waals surface area (Å²) in [6, 6.07) is 1.40. The first-order chi connectivity index (χ1) is 8.80. The van der Waals surface area contributed by atoms with Crippen molar-refractivity contribution in [3.63, 3.8) is 0 Å². The molecule has 0 aliphatic rings. The molecule has 0 bridgehead atoms. The lowest BCUT2D eigenvalue weighted by atomic mass is 9.88. The van der Waals surface area contributed by atoms with Crippen LogP contribution in [0.25, 0.3) is 0 Å². The highest BCUT2D eigenvalue weighted by Gasteiger charge is 2.31. The van der Waals surface area contributed by atoms with E-state index < -0.39 is 16.3 Å². The first-order valence-electron chi connectivity index (χ1n) is 5.88. The van der Waals surface area contributed by atoms with Crippen LogP contribution < -0.4 is 5.32 Å². The zero-order valence-electron chi connectivity index (χ0n) is 11.1. The van der Waals surface area contributed by atoms with E-state index >= 15 is 0 Å². The van der Waals surface area contributed by atoms with Crippen LogP contribution in [0.1, 0.15) is 25.8 Å². The number of nitro groups is 1. The number of aryl methyl sites for hydroxylation is 1. The van der Waals surface area contributed by atoms with E-state index in [1.54, 1.807) is 20.8 Å². The van der Waals surface area contributed by atoms with Crippen LogP contribution in [-0.4, -0.2) is 27.5 Å². The van der Waals surface area contributed by atoms with Gasteiger partial charge in [0.2, 0.25) is 5.82 Å². The van der Waals surface area contributed by atoms with Gasteiger partial charge in [-0.05, 0) is 25.8 Å². The number of aliphatic carboxylic acids is 1. The summed E-state index contributed by atoms with van der Waals surface area (Å²) in [7, 11) is 0. The number of nitrogens with one attached hydrogen (secondary N) is 1. The number of pyridine rings is 1.